The van der Waals surface area contributed by atoms with Crippen LogP contribution in [-0.2, 0) is 6.54 Å². The van der Waals surface area contributed by atoms with E-state index in [-0.39, 0.29) is 0 Å². The Morgan fingerprint density at radius 1 is 1.46 bits per heavy atom. The van der Waals surface area contributed by atoms with E-state index < -0.39 is 0 Å². The molecule has 0 N–H and O–H groups in total. The maximum Gasteiger partial charge on any atom is 0.131 e. The molecule has 1 aromatic rings. The van der Waals surface area contributed by atoms with E-state index in [1.165, 1.54) is 12.8 Å². The first-order valence-corrected chi connectivity index (χ1v) is 4.22. The maximum atomic E-state index is 8.10. The molecule has 13 heavy (non-hydrogen) atoms. The van der Waals surface area contributed by atoms with E-state index in [0.717, 1.165) is 11.4 Å². The number of hydrogen-bond donors (Lipinski definition) is 0. The molecule has 0 spiro atoms. The second-order valence-corrected chi connectivity index (χ2v) is 3.11. The van der Waals surface area contributed by atoms with Gasteiger partial charge in [-0.3, -0.25) is 0 Å². The van der Waals surface area contributed by atoms with Crippen LogP contribution in [0.3, 0.4) is 0 Å². The van der Waals surface area contributed by atoms with Gasteiger partial charge in [-0.25, -0.2) is 9.97 Å². The molecule has 0 amide bonds. The average molecular weight is 175 g/mol. The van der Waals surface area contributed by atoms with Crippen LogP contribution in [0, 0.1) is 0 Å². The van der Waals surface area contributed by atoms with Crippen LogP contribution in [0.15, 0.2) is 17.5 Å². The third-order valence-electron chi connectivity index (χ3n) is 1.98. The van der Waals surface area contributed by atoms with E-state index in [9.17, 15) is 0 Å². The molecule has 0 aliphatic heterocycles. The van der Waals surface area contributed by atoms with Gasteiger partial charge in [0, 0.05) is 23.2 Å². The van der Waals surface area contributed by atoms with Crippen molar-refractivity contribution in [1.29, 1.82) is 0 Å². The highest BCUT2D eigenvalue weighted by Gasteiger charge is 2.25. The van der Waals surface area contributed by atoms with Crippen LogP contribution in [0.2, 0.25) is 0 Å². The SMILES string of the molecule is [N-]=[N+]=NCc1cnc(C2CC2)nc1. The summed E-state index contributed by atoms with van der Waals surface area (Å²) in [6, 6.07) is 0. The fourth-order valence-corrected chi connectivity index (χ4v) is 1.11. The molecule has 0 atom stereocenters. The Bertz CT molecular complexity index is 334. The molecule has 1 saturated carbocycles. The fraction of sp³-hybridized carbons (Fsp3) is 0.500. The molecule has 1 aliphatic rings. The Morgan fingerprint density at radius 2 is 2.15 bits per heavy atom. The van der Waals surface area contributed by atoms with Gasteiger partial charge >= 0.3 is 0 Å². The van der Waals surface area contributed by atoms with Gasteiger partial charge in [0.15, 0.2) is 0 Å². The topological polar surface area (TPSA) is 74.5 Å². The highest BCUT2D eigenvalue weighted by molar-refractivity contribution is 5.10. The second-order valence-electron chi connectivity index (χ2n) is 3.11. The maximum absolute atomic E-state index is 8.10. The monoisotopic (exact) mass is 175 g/mol. The molecule has 5 heteroatoms. The summed E-state index contributed by atoms with van der Waals surface area (Å²) in [6.45, 7) is 0.335. The van der Waals surface area contributed by atoms with Crippen LogP contribution >= 0.6 is 0 Å². The Balaban J connectivity index is 2.08. The van der Waals surface area contributed by atoms with E-state index in [0.29, 0.717) is 12.5 Å². The van der Waals surface area contributed by atoms with Gasteiger partial charge in [-0.1, -0.05) is 5.11 Å². The number of rotatable bonds is 3. The molecule has 1 aromatic heterocycles. The van der Waals surface area contributed by atoms with Crippen molar-refractivity contribution in [3.63, 3.8) is 0 Å². The average Bonchev–Trinajstić information content (AvgIpc) is 2.99. The fourth-order valence-electron chi connectivity index (χ4n) is 1.11. The normalized spacial score (nSPS) is 15.1. The Kier molecular flexibility index (Phi) is 2.10. The van der Waals surface area contributed by atoms with E-state index in [2.05, 4.69) is 20.0 Å². The quantitative estimate of drug-likeness (QED) is 0.401. The van der Waals surface area contributed by atoms with Crippen LogP contribution < -0.4 is 0 Å². The standard InChI is InChI=1S/C8H9N5/c9-13-12-5-6-3-10-8(11-4-6)7-1-2-7/h3-4,7H,1-2,5H2. The van der Waals surface area contributed by atoms with Gasteiger partial charge in [-0.15, -0.1) is 0 Å². The Morgan fingerprint density at radius 3 is 2.69 bits per heavy atom. The van der Waals surface area contributed by atoms with Crippen LogP contribution in [0.1, 0.15) is 30.1 Å². The number of hydrogen-bond acceptors (Lipinski definition) is 3. The zero-order valence-electron chi connectivity index (χ0n) is 7.09. The van der Waals surface area contributed by atoms with Crippen molar-refractivity contribution in [3.8, 4) is 0 Å². The van der Waals surface area contributed by atoms with Crippen molar-refractivity contribution < 1.29 is 0 Å². The lowest BCUT2D eigenvalue weighted by Gasteiger charge is -1.96. The van der Waals surface area contributed by atoms with Gasteiger partial charge < -0.3 is 0 Å². The smallest absolute Gasteiger partial charge is 0.131 e. The molecule has 2 rings (SSSR count). The summed E-state index contributed by atoms with van der Waals surface area (Å²) in [4.78, 5) is 11.1. The van der Waals surface area contributed by atoms with E-state index in [1.54, 1.807) is 12.4 Å². The van der Waals surface area contributed by atoms with Gasteiger partial charge in [0.25, 0.3) is 0 Å². The molecule has 0 unspecified atom stereocenters. The minimum atomic E-state index is 0.335. The highest BCUT2D eigenvalue weighted by atomic mass is 15.1. The molecule has 0 bridgehead atoms. The lowest BCUT2D eigenvalue weighted by atomic mass is 10.3. The number of aromatic nitrogens is 2. The first-order chi connectivity index (χ1) is 6.40. The summed E-state index contributed by atoms with van der Waals surface area (Å²) >= 11 is 0. The third kappa shape index (κ3) is 1.95. The third-order valence-corrected chi connectivity index (χ3v) is 1.98. The van der Waals surface area contributed by atoms with Gasteiger partial charge in [0.05, 0.1) is 6.54 Å². The molecule has 0 aromatic carbocycles. The summed E-state index contributed by atoms with van der Waals surface area (Å²) in [5.41, 5.74) is 8.96. The molecule has 66 valence electrons. The highest BCUT2D eigenvalue weighted by Crippen LogP contribution is 2.37. The number of nitrogens with zero attached hydrogens (tertiary/aromatic N) is 5. The Hall–Kier alpha value is -1.61. The molecular formula is C8H9N5. The predicted octanol–water partition coefficient (Wildman–Crippen LogP) is 2.16. The lowest BCUT2D eigenvalue weighted by molar-refractivity contribution is 0.894. The first-order valence-electron chi connectivity index (χ1n) is 4.22. The number of azide groups is 1. The largest absolute Gasteiger partial charge is 0.241 e. The van der Waals surface area contributed by atoms with Gasteiger partial charge in [-0.05, 0) is 23.9 Å². The molecule has 1 heterocycles. The molecular weight excluding hydrogens is 166 g/mol. The van der Waals surface area contributed by atoms with Crippen LogP contribution in [0.4, 0.5) is 0 Å². The van der Waals surface area contributed by atoms with Crippen LogP contribution in [0.25, 0.3) is 10.4 Å². The van der Waals surface area contributed by atoms with Gasteiger partial charge in [0.2, 0.25) is 0 Å². The molecule has 5 nitrogen and oxygen atoms in total. The summed E-state index contributed by atoms with van der Waals surface area (Å²) in [7, 11) is 0. The van der Waals surface area contributed by atoms with Crippen LogP contribution in [0.5, 0.6) is 0 Å². The van der Waals surface area contributed by atoms with Crippen molar-refractivity contribution in [2.45, 2.75) is 25.3 Å². The predicted molar refractivity (Wildman–Crippen MR) is 46.9 cm³/mol. The van der Waals surface area contributed by atoms with Crippen molar-refractivity contribution >= 4 is 0 Å². The van der Waals surface area contributed by atoms with Gasteiger partial charge in [-0.2, -0.15) is 0 Å². The molecule has 0 radical (unpaired) electrons. The molecule has 0 saturated heterocycles. The minimum absolute atomic E-state index is 0.335. The van der Waals surface area contributed by atoms with E-state index in [1.807, 2.05) is 0 Å². The molecule has 1 fully saturated rings. The summed E-state index contributed by atoms with van der Waals surface area (Å²) in [5, 5.41) is 3.43. The van der Waals surface area contributed by atoms with Crippen molar-refractivity contribution in [2.75, 3.05) is 0 Å². The van der Waals surface area contributed by atoms with Crippen LogP contribution in [-0.4, -0.2) is 9.97 Å². The summed E-state index contributed by atoms with van der Waals surface area (Å²) in [6.07, 6.45) is 5.87. The van der Waals surface area contributed by atoms with Crippen molar-refractivity contribution in [1.82, 2.24) is 9.97 Å². The zero-order valence-corrected chi connectivity index (χ0v) is 7.09. The van der Waals surface area contributed by atoms with Gasteiger partial charge in [0.1, 0.15) is 5.82 Å². The second kappa shape index (κ2) is 3.41. The molecule has 1 aliphatic carbocycles. The zero-order chi connectivity index (χ0) is 9.10. The van der Waals surface area contributed by atoms with E-state index in [4.69, 9.17) is 5.53 Å². The van der Waals surface area contributed by atoms with E-state index >= 15 is 0 Å². The Labute approximate surface area is 75.5 Å². The summed E-state index contributed by atoms with van der Waals surface area (Å²) in [5.74, 6) is 1.50. The van der Waals surface area contributed by atoms with Crippen molar-refractivity contribution in [3.05, 3.63) is 34.2 Å². The minimum Gasteiger partial charge on any atom is -0.241 e. The van der Waals surface area contributed by atoms with Crippen molar-refractivity contribution in [2.24, 2.45) is 5.11 Å². The summed E-state index contributed by atoms with van der Waals surface area (Å²) < 4.78 is 0. The lowest BCUT2D eigenvalue weighted by Crippen LogP contribution is -1.93. The first kappa shape index (κ1) is 8.01.